The van der Waals surface area contributed by atoms with E-state index in [-0.39, 0.29) is 24.5 Å². The van der Waals surface area contributed by atoms with Gasteiger partial charge in [-0.1, -0.05) is 36.4 Å². The summed E-state index contributed by atoms with van der Waals surface area (Å²) in [4.78, 5) is 12.6. The first kappa shape index (κ1) is 26.8. The summed E-state index contributed by atoms with van der Waals surface area (Å²) < 4.78 is 58.4. The lowest BCUT2D eigenvalue weighted by Crippen LogP contribution is -2.36. The Bertz CT molecular complexity index is 1020. The minimum Gasteiger partial charge on any atom is -0.489 e. The normalized spacial score (nSPS) is 15.4. The van der Waals surface area contributed by atoms with E-state index in [9.17, 15) is 18.0 Å². The molecule has 0 saturated carbocycles. The molecule has 0 heterocycles. The standard InChI is InChI=1S/C28H33F3O4/c1-4-33-19(2)9-8-12-26(29)28(30,31)35-27(32)25-15-13-22-17-23(14-16-24(22)20(25)3)34-18-21-10-6-5-7-11-21/h5-7,10-11,14,16-17,19,26H,4,8-9,12-13,15,18H2,1-3H3. The van der Waals surface area contributed by atoms with E-state index in [4.69, 9.17) is 9.47 Å². The molecule has 0 fully saturated rings. The van der Waals surface area contributed by atoms with Gasteiger partial charge in [-0.2, -0.15) is 8.78 Å². The summed E-state index contributed by atoms with van der Waals surface area (Å²) in [6, 6.07) is 15.3. The molecule has 0 bridgehead atoms. The van der Waals surface area contributed by atoms with Crippen molar-refractivity contribution in [2.45, 2.75) is 77.9 Å². The van der Waals surface area contributed by atoms with Crippen LogP contribution in [0.3, 0.4) is 0 Å². The van der Waals surface area contributed by atoms with Gasteiger partial charge < -0.3 is 14.2 Å². The van der Waals surface area contributed by atoms with Crippen molar-refractivity contribution in [3.63, 3.8) is 0 Å². The third-order valence-corrected chi connectivity index (χ3v) is 6.19. The molecule has 1 aliphatic carbocycles. The fourth-order valence-corrected chi connectivity index (χ4v) is 4.21. The maximum atomic E-state index is 14.3. The number of hydrogen-bond acceptors (Lipinski definition) is 4. The summed E-state index contributed by atoms with van der Waals surface area (Å²) in [5, 5.41) is 0. The van der Waals surface area contributed by atoms with Crippen LogP contribution in [0.5, 0.6) is 5.75 Å². The van der Waals surface area contributed by atoms with Gasteiger partial charge in [-0.3, -0.25) is 0 Å². The van der Waals surface area contributed by atoms with Crippen molar-refractivity contribution in [1.29, 1.82) is 0 Å². The summed E-state index contributed by atoms with van der Waals surface area (Å²) >= 11 is 0. The Morgan fingerprint density at radius 1 is 1.09 bits per heavy atom. The fourth-order valence-electron chi connectivity index (χ4n) is 4.21. The second-order valence-electron chi connectivity index (χ2n) is 8.81. The molecule has 35 heavy (non-hydrogen) atoms. The Morgan fingerprint density at radius 2 is 1.83 bits per heavy atom. The number of rotatable bonds is 12. The fraction of sp³-hybridized carbons (Fsp3) is 0.464. The van der Waals surface area contributed by atoms with E-state index < -0.39 is 24.7 Å². The lowest BCUT2D eigenvalue weighted by molar-refractivity contribution is -0.259. The van der Waals surface area contributed by atoms with E-state index in [1.165, 1.54) is 0 Å². The van der Waals surface area contributed by atoms with Crippen LogP contribution in [0.25, 0.3) is 5.57 Å². The lowest BCUT2D eigenvalue weighted by Gasteiger charge is -2.25. The number of aryl methyl sites for hydroxylation is 1. The van der Waals surface area contributed by atoms with Crippen LogP contribution >= 0.6 is 0 Å². The molecule has 0 spiro atoms. The van der Waals surface area contributed by atoms with E-state index in [1.54, 1.807) is 13.0 Å². The predicted octanol–water partition coefficient (Wildman–Crippen LogP) is 7.05. The van der Waals surface area contributed by atoms with Crippen LogP contribution in [-0.4, -0.2) is 31.0 Å². The summed E-state index contributed by atoms with van der Waals surface area (Å²) in [7, 11) is 0. The average Bonchev–Trinajstić information content (AvgIpc) is 2.83. The Kier molecular flexibility index (Phi) is 9.38. The minimum absolute atomic E-state index is 0.136. The largest absolute Gasteiger partial charge is 0.489 e. The Labute approximate surface area is 205 Å². The number of hydrogen-bond donors (Lipinski definition) is 0. The van der Waals surface area contributed by atoms with E-state index in [0.29, 0.717) is 37.4 Å². The maximum Gasteiger partial charge on any atom is 0.432 e. The van der Waals surface area contributed by atoms with E-state index >= 15 is 0 Å². The van der Waals surface area contributed by atoms with Crippen LogP contribution in [0.15, 0.2) is 54.1 Å². The Morgan fingerprint density at radius 3 is 2.54 bits per heavy atom. The number of carbonyl (C=O) groups excluding carboxylic acids is 1. The first-order valence-electron chi connectivity index (χ1n) is 12.1. The number of esters is 1. The Balaban J connectivity index is 1.61. The van der Waals surface area contributed by atoms with Crippen LogP contribution in [0.4, 0.5) is 13.2 Å². The molecule has 0 aliphatic heterocycles. The summed E-state index contributed by atoms with van der Waals surface area (Å²) in [6.45, 7) is 6.27. The maximum absolute atomic E-state index is 14.3. The average molecular weight is 491 g/mol. The molecule has 0 amide bonds. The van der Waals surface area contributed by atoms with Gasteiger partial charge in [0.2, 0.25) is 6.17 Å². The molecule has 190 valence electrons. The number of halogens is 3. The second kappa shape index (κ2) is 12.2. The van der Waals surface area contributed by atoms with Crippen molar-refractivity contribution in [2.75, 3.05) is 6.61 Å². The van der Waals surface area contributed by atoms with Gasteiger partial charge in [-0.05, 0) is 87.3 Å². The van der Waals surface area contributed by atoms with Crippen LogP contribution in [0.1, 0.15) is 63.1 Å². The third kappa shape index (κ3) is 7.34. The molecule has 2 aromatic carbocycles. The first-order valence-corrected chi connectivity index (χ1v) is 12.1. The molecule has 2 aromatic rings. The zero-order valence-electron chi connectivity index (χ0n) is 20.5. The quantitative estimate of drug-likeness (QED) is 0.299. The van der Waals surface area contributed by atoms with Crippen molar-refractivity contribution < 1.29 is 32.2 Å². The highest BCUT2D eigenvalue weighted by Gasteiger charge is 2.45. The number of alkyl halides is 3. The minimum atomic E-state index is -4.19. The monoisotopic (exact) mass is 490 g/mol. The zero-order chi connectivity index (χ0) is 25.4. The van der Waals surface area contributed by atoms with Crippen LogP contribution in [0.2, 0.25) is 0 Å². The van der Waals surface area contributed by atoms with Gasteiger partial charge in [-0.25, -0.2) is 9.18 Å². The van der Waals surface area contributed by atoms with E-state index in [2.05, 4.69) is 4.74 Å². The summed E-state index contributed by atoms with van der Waals surface area (Å²) in [6.07, 6.45) is -5.93. The van der Waals surface area contributed by atoms with Crippen LogP contribution in [0, 0.1) is 0 Å². The predicted molar refractivity (Wildman–Crippen MR) is 129 cm³/mol. The summed E-state index contributed by atoms with van der Waals surface area (Å²) in [5.41, 5.74) is 3.49. The molecule has 0 N–H and O–H groups in total. The number of fused-ring (bicyclic) bond motifs is 1. The summed E-state index contributed by atoms with van der Waals surface area (Å²) in [5.74, 6) is -0.482. The van der Waals surface area contributed by atoms with Crippen molar-refractivity contribution in [3.8, 4) is 5.75 Å². The molecule has 4 nitrogen and oxygen atoms in total. The molecule has 0 saturated heterocycles. The van der Waals surface area contributed by atoms with Gasteiger partial charge in [-0.15, -0.1) is 0 Å². The number of benzene rings is 2. The van der Waals surface area contributed by atoms with Crippen LogP contribution < -0.4 is 4.74 Å². The number of allylic oxidation sites excluding steroid dienone is 1. The SMILES string of the molecule is CCOC(C)CCCC(F)C(F)(F)OC(=O)C1=C(C)c2ccc(OCc3ccccc3)cc2CC1. The second-order valence-corrected chi connectivity index (χ2v) is 8.81. The molecule has 2 unspecified atom stereocenters. The van der Waals surface area contributed by atoms with Crippen LogP contribution in [-0.2, 0) is 27.3 Å². The number of carbonyl (C=O) groups is 1. The Hall–Kier alpha value is -2.80. The molecular formula is C28H33F3O4. The highest BCUT2D eigenvalue weighted by Crippen LogP contribution is 2.36. The molecule has 0 radical (unpaired) electrons. The van der Waals surface area contributed by atoms with Gasteiger partial charge in [0.05, 0.1) is 6.10 Å². The molecule has 3 rings (SSSR count). The van der Waals surface area contributed by atoms with Gasteiger partial charge in [0.15, 0.2) is 0 Å². The van der Waals surface area contributed by atoms with Gasteiger partial charge in [0.25, 0.3) is 0 Å². The molecule has 7 heteroatoms. The van der Waals surface area contributed by atoms with Crippen molar-refractivity contribution in [1.82, 2.24) is 0 Å². The topological polar surface area (TPSA) is 44.8 Å². The third-order valence-electron chi connectivity index (χ3n) is 6.19. The van der Waals surface area contributed by atoms with Crippen molar-refractivity contribution in [2.24, 2.45) is 0 Å². The van der Waals surface area contributed by atoms with Gasteiger partial charge in [0, 0.05) is 12.2 Å². The smallest absolute Gasteiger partial charge is 0.432 e. The number of ether oxygens (including phenoxy) is 3. The highest BCUT2D eigenvalue weighted by atomic mass is 19.3. The van der Waals surface area contributed by atoms with Gasteiger partial charge >= 0.3 is 12.1 Å². The van der Waals surface area contributed by atoms with E-state index in [0.717, 1.165) is 16.7 Å². The highest BCUT2D eigenvalue weighted by molar-refractivity contribution is 5.98. The zero-order valence-corrected chi connectivity index (χ0v) is 20.5. The molecule has 2 atom stereocenters. The van der Waals surface area contributed by atoms with Gasteiger partial charge in [0.1, 0.15) is 12.4 Å². The van der Waals surface area contributed by atoms with Crippen molar-refractivity contribution >= 4 is 11.5 Å². The van der Waals surface area contributed by atoms with E-state index in [1.807, 2.05) is 56.3 Å². The molecule has 1 aliphatic rings. The molecular weight excluding hydrogens is 457 g/mol. The molecule has 0 aromatic heterocycles. The lowest BCUT2D eigenvalue weighted by atomic mass is 9.86. The first-order chi connectivity index (χ1) is 16.7. The van der Waals surface area contributed by atoms with Crippen molar-refractivity contribution in [3.05, 3.63) is 70.8 Å².